The predicted octanol–water partition coefficient (Wildman–Crippen LogP) is 1.76. The fraction of sp³-hybridized carbons (Fsp3) is 0.667. The summed E-state index contributed by atoms with van der Waals surface area (Å²) in [6.07, 6.45) is 6.25. The molecule has 31 heavy (non-hydrogen) atoms. The third kappa shape index (κ3) is 4.98. The number of aromatic nitrogens is 4. The van der Waals surface area contributed by atoms with E-state index in [4.69, 9.17) is 24.3 Å². The van der Waals surface area contributed by atoms with Crippen LogP contribution in [0.2, 0.25) is 0 Å². The molecule has 2 aromatic rings. The Morgan fingerprint density at radius 2 is 2.13 bits per heavy atom. The molecule has 0 radical (unpaired) electrons. The Morgan fingerprint density at radius 3 is 2.81 bits per heavy atom. The maximum atomic E-state index is 12.8. The number of hydrogen-bond acceptors (Lipinski definition) is 10. The molecule has 0 bridgehead atoms. The van der Waals surface area contributed by atoms with Gasteiger partial charge in [0.25, 0.3) is 5.56 Å². The number of ether oxygens (including phenoxy) is 2. The van der Waals surface area contributed by atoms with Gasteiger partial charge in [-0.2, -0.15) is 4.98 Å². The van der Waals surface area contributed by atoms with Gasteiger partial charge in [0.05, 0.1) is 24.4 Å². The van der Waals surface area contributed by atoms with E-state index in [1.54, 1.807) is 4.57 Å². The van der Waals surface area contributed by atoms with E-state index in [2.05, 4.69) is 15.0 Å². The second-order valence-corrected chi connectivity index (χ2v) is 10.0. The van der Waals surface area contributed by atoms with E-state index in [1.807, 2.05) is 0 Å². The maximum Gasteiger partial charge on any atom is 0.358 e. The van der Waals surface area contributed by atoms with Gasteiger partial charge in [-0.25, -0.2) is 4.98 Å². The van der Waals surface area contributed by atoms with Crippen molar-refractivity contribution in [2.24, 2.45) is 5.92 Å². The van der Waals surface area contributed by atoms with Gasteiger partial charge >= 0.3 is 13.6 Å². The molecule has 2 heterocycles. The summed E-state index contributed by atoms with van der Waals surface area (Å²) in [6.45, 7) is -0.102. The molecule has 2 fully saturated rings. The van der Waals surface area contributed by atoms with Crippen molar-refractivity contribution in [2.45, 2.75) is 50.7 Å². The molecule has 0 saturated heterocycles. The van der Waals surface area contributed by atoms with Gasteiger partial charge in [-0.05, 0) is 25.7 Å². The summed E-state index contributed by atoms with van der Waals surface area (Å²) in [7, 11) is -2.36. The fourth-order valence-electron chi connectivity index (χ4n) is 3.69. The van der Waals surface area contributed by atoms with Crippen LogP contribution in [-0.2, 0) is 34.4 Å². The van der Waals surface area contributed by atoms with Crippen LogP contribution in [0, 0.1) is 5.92 Å². The molecule has 12 nitrogen and oxygen atoms in total. The number of aromatic amines is 1. The molecule has 2 aliphatic rings. The topological polar surface area (TPSA) is 161 Å². The average molecular weight is 455 g/mol. The van der Waals surface area contributed by atoms with Gasteiger partial charge in [-0.1, -0.05) is 12.8 Å². The number of carbonyl (C=O) groups excluding carboxylic acids is 1. The summed E-state index contributed by atoms with van der Waals surface area (Å²) >= 11 is 0. The number of esters is 1. The highest BCUT2D eigenvalue weighted by Crippen LogP contribution is 2.51. The van der Waals surface area contributed by atoms with Crippen LogP contribution < -0.4 is 11.3 Å². The Morgan fingerprint density at radius 1 is 1.39 bits per heavy atom. The molecule has 2 aliphatic carbocycles. The van der Waals surface area contributed by atoms with Gasteiger partial charge in [0, 0.05) is 7.11 Å². The van der Waals surface area contributed by atoms with Gasteiger partial charge in [0.15, 0.2) is 11.2 Å². The SMILES string of the molecule is COP(=O)(COC1(Cn2cnc3c(=O)[nH]c(N)nc32)CC1)OCOC(=O)C1CCCC1. The Bertz CT molecular complexity index is 1060. The number of imidazole rings is 1. The zero-order valence-corrected chi connectivity index (χ0v) is 18.1. The Kier molecular flexibility index (Phi) is 6.16. The third-order valence-electron chi connectivity index (χ3n) is 5.71. The van der Waals surface area contributed by atoms with Crippen LogP contribution in [0.4, 0.5) is 5.95 Å². The molecular formula is C18H26N5O7P. The molecule has 0 spiro atoms. The Balaban J connectivity index is 1.33. The summed E-state index contributed by atoms with van der Waals surface area (Å²) in [6, 6.07) is 0. The van der Waals surface area contributed by atoms with E-state index in [0.29, 0.717) is 25.0 Å². The lowest BCUT2D eigenvalue weighted by Crippen LogP contribution is -2.23. The summed E-state index contributed by atoms with van der Waals surface area (Å²) in [4.78, 5) is 34.5. The number of fused-ring (bicyclic) bond motifs is 1. The molecule has 3 N–H and O–H groups in total. The first-order valence-electron chi connectivity index (χ1n) is 10.1. The van der Waals surface area contributed by atoms with Crippen molar-refractivity contribution in [3.05, 3.63) is 16.7 Å². The van der Waals surface area contributed by atoms with Gasteiger partial charge in [-0.15, -0.1) is 0 Å². The summed E-state index contributed by atoms with van der Waals surface area (Å²) < 4.78 is 35.7. The lowest BCUT2D eigenvalue weighted by atomic mass is 10.1. The van der Waals surface area contributed by atoms with Crippen molar-refractivity contribution in [1.29, 1.82) is 0 Å². The van der Waals surface area contributed by atoms with Crippen molar-refractivity contribution in [2.75, 3.05) is 26.0 Å². The average Bonchev–Trinajstić information content (AvgIpc) is 3.12. The molecule has 13 heteroatoms. The number of nitrogens with one attached hydrogen (secondary N) is 1. The van der Waals surface area contributed by atoms with E-state index < -0.39 is 25.5 Å². The normalized spacial score (nSPS) is 20.0. The summed E-state index contributed by atoms with van der Waals surface area (Å²) in [5, 5.41) is 0. The number of rotatable bonds is 10. The minimum Gasteiger partial charge on any atom is -0.438 e. The van der Waals surface area contributed by atoms with Crippen molar-refractivity contribution >= 4 is 30.7 Å². The first-order chi connectivity index (χ1) is 14.8. The molecule has 0 amide bonds. The number of H-pyrrole nitrogens is 1. The number of hydrogen-bond donors (Lipinski definition) is 2. The lowest BCUT2D eigenvalue weighted by molar-refractivity contribution is -0.155. The largest absolute Gasteiger partial charge is 0.438 e. The first-order valence-corrected chi connectivity index (χ1v) is 11.9. The van der Waals surface area contributed by atoms with E-state index in [0.717, 1.165) is 25.7 Å². The number of anilines is 1. The molecule has 0 aromatic carbocycles. The van der Waals surface area contributed by atoms with Crippen LogP contribution in [0.3, 0.4) is 0 Å². The van der Waals surface area contributed by atoms with Gasteiger partial charge < -0.3 is 24.3 Å². The van der Waals surface area contributed by atoms with E-state index in [-0.39, 0.29) is 29.7 Å². The number of nitrogens with two attached hydrogens (primary N) is 1. The van der Waals surface area contributed by atoms with Crippen LogP contribution in [0.15, 0.2) is 11.1 Å². The van der Waals surface area contributed by atoms with E-state index in [1.165, 1.54) is 13.4 Å². The maximum absolute atomic E-state index is 12.8. The van der Waals surface area contributed by atoms with Crippen LogP contribution >= 0.6 is 7.60 Å². The molecular weight excluding hydrogens is 429 g/mol. The van der Waals surface area contributed by atoms with Crippen LogP contribution in [-0.4, -0.2) is 51.3 Å². The predicted molar refractivity (Wildman–Crippen MR) is 109 cm³/mol. The standard InChI is InChI=1S/C18H26N5O7P/c1-27-31(26,30-10-28-16(25)12-4-2-3-5-12)11-29-18(6-7-18)8-23-9-20-13-14(23)21-17(19)22-15(13)24/h9,12H,2-8,10-11H2,1H3,(H3,19,21,22,24). The second-order valence-electron chi connectivity index (χ2n) is 7.94. The van der Waals surface area contributed by atoms with Crippen LogP contribution in [0.25, 0.3) is 11.2 Å². The third-order valence-corrected chi connectivity index (χ3v) is 7.21. The zero-order valence-electron chi connectivity index (χ0n) is 17.2. The molecule has 170 valence electrons. The highest BCUT2D eigenvalue weighted by atomic mass is 31.2. The smallest absolute Gasteiger partial charge is 0.358 e. The van der Waals surface area contributed by atoms with Gasteiger partial charge in [0.2, 0.25) is 12.7 Å². The van der Waals surface area contributed by atoms with E-state index in [9.17, 15) is 14.2 Å². The molecule has 2 saturated carbocycles. The number of nitrogen functional groups attached to an aromatic ring is 1. The number of carbonyl (C=O) groups is 1. The van der Waals surface area contributed by atoms with Crippen molar-refractivity contribution in [1.82, 2.24) is 19.5 Å². The van der Waals surface area contributed by atoms with Gasteiger partial charge in [-0.3, -0.25) is 23.7 Å². The number of nitrogens with zero attached hydrogens (tertiary/aromatic N) is 3. The Labute approximate surface area is 178 Å². The van der Waals surface area contributed by atoms with Crippen LogP contribution in [0.1, 0.15) is 38.5 Å². The van der Waals surface area contributed by atoms with E-state index >= 15 is 0 Å². The highest BCUT2D eigenvalue weighted by molar-refractivity contribution is 7.53. The second kappa shape index (κ2) is 8.70. The first kappa shape index (κ1) is 21.9. The van der Waals surface area contributed by atoms with Crippen molar-refractivity contribution < 1.29 is 27.9 Å². The zero-order chi connectivity index (χ0) is 22.1. The quantitative estimate of drug-likeness (QED) is 0.307. The van der Waals surface area contributed by atoms with Gasteiger partial charge in [0.1, 0.15) is 6.35 Å². The van der Waals surface area contributed by atoms with Crippen molar-refractivity contribution in [3.8, 4) is 0 Å². The fourth-order valence-corrected chi connectivity index (χ4v) is 4.62. The molecule has 1 atom stereocenters. The Hall–Kier alpha value is -2.27. The summed E-state index contributed by atoms with van der Waals surface area (Å²) in [5.41, 5.74) is 5.13. The van der Waals surface area contributed by atoms with Crippen molar-refractivity contribution in [3.63, 3.8) is 0 Å². The molecule has 0 aliphatic heterocycles. The molecule has 4 rings (SSSR count). The van der Waals surface area contributed by atoms with Crippen LogP contribution in [0.5, 0.6) is 0 Å². The highest BCUT2D eigenvalue weighted by Gasteiger charge is 2.46. The monoisotopic (exact) mass is 455 g/mol. The molecule has 1 unspecified atom stereocenters. The minimum absolute atomic E-state index is 0.00514. The lowest BCUT2D eigenvalue weighted by Gasteiger charge is -2.22. The minimum atomic E-state index is -3.61. The summed E-state index contributed by atoms with van der Waals surface area (Å²) in [5.74, 6) is -0.459. The molecule has 2 aromatic heterocycles.